The molecule has 2 atom stereocenters. The molecule has 1 aromatic heterocycles. The maximum Gasteiger partial charge on any atom is 0.137 e. The van der Waals surface area contributed by atoms with E-state index in [1.165, 1.54) is 6.33 Å². The van der Waals surface area contributed by atoms with Gasteiger partial charge in [0.1, 0.15) is 12.7 Å². The minimum absolute atomic E-state index is 0.423. The Balaban J connectivity index is 2.08. The molecule has 1 heterocycles. The minimum Gasteiger partial charge on any atom is -0.388 e. The van der Waals surface area contributed by atoms with Crippen molar-refractivity contribution in [2.45, 2.75) is 44.8 Å². The van der Waals surface area contributed by atoms with Gasteiger partial charge < -0.3 is 5.11 Å². The van der Waals surface area contributed by atoms with Gasteiger partial charge in [-0.1, -0.05) is 19.8 Å². The van der Waals surface area contributed by atoms with Crippen molar-refractivity contribution in [1.29, 1.82) is 0 Å². The Hall–Kier alpha value is -0.900. The van der Waals surface area contributed by atoms with Crippen LogP contribution < -0.4 is 0 Å². The molecule has 1 fully saturated rings. The Bertz CT molecular complexity index is 286. The summed E-state index contributed by atoms with van der Waals surface area (Å²) in [5, 5.41) is 14.5. The average molecular weight is 195 g/mol. The van der Waals surface area contributed by atoms with E-state index < -0.39 is 5.60 Å². The summed E-state index contributed by atoms with van der Waals surface area (Å²) in [4.78, 5) is 3.89. The Kier molecular flexibility index (Phi) is 2.54. The number of hydrogen-bond acceptors (Lipinski definition) is 3. The minimum atomic E-state index is -0.553. The van der Waals surface area contributed by atoms with E-state index in [1.807, 2.05) is 0 Å². The SMILES string of the molecule is CCC1CCCC1(O)Cn1cncn1. The van der Waals surface area contributed by atoms with E-state index in [2.05, 4.69) is 17.0 Å². The predicted octanol–water partition coefficient (Wildman–Crippen LogP) is 1.22. The molecule has 0 saturated heterocycles. The van der Waals surface area contributed by atoms with Gasteiger partial charge in [-0.05, 0) is 18.8 Å². The van der Waals surface area contributed by atoms with Crippen LogP contribution in [0.4, 0.5) is 0 Å². The fourth-order valence-electron chi connectivity index (χ4n) is 2.51. The highest BCUT2D eigenvalue weighted by Gasteiger charge is 2.40. The molecule has 78 valence electrons. The molecule has 4 nitrogen and oxygen atoms in total. The van der Waals surface area contributed by atoms with E-state index in [9.17, 15) is 5.11 Å². The van der Waals surface area contributed by atoms with Gasteiger partial charge in [0.2, 0.25) is 0 Å². The summed E-state index contributed by atoms with van der Waals surface area (Å²) < 4.78 is 1.73. The monoisotopic (exact) mass is 195 g/mol. The highest BCUT2D eigenvalue weighted by molar-refractivity contribution is 4.91. The number of aliphatic hydroxyl groups is 1. The second-order valence-corrected chi connectivity index (χ2v) is 4.19. The quantitative estimate of drug-likeness (QED) is 0.789. The van der Waals surface area contributed by atoms with E-state index in [-0.39, 0.29) is 0 Å². The van der Waals surface area contributed by atoms with Crippen molar-refractivity contribution in [2.75, 3.05) is 0 Å². The first kappa shape index (κ1) is 9.65. The third-order valence-electron chi connectivity index (χ3n) is 3.32. The standard InChI is InChI=1S/C10H17N3O/c1-2-9-4-3-5-10(9,14)6-13-8-11-7-12-13/h7-9,14H,2-6H2,1H3. The topological polar surface area (TPSA) is 50.9 Å². The summed E-state index contributed by atoms with van der Waals surface area (Å²) in [5.74, 6) is 0.423. The zero-order valence-electron chi connectivity index (χ0n) is 8.56. The van der Waals surface area contributed by atoms with Gasteiger partial charge >= 0.3 is 0 Å². The lowest BCUT2D eigenvalue weighted by atomic mass is 9.89. The zero-order chi connectivity index (χ0) is 10.0. The van der Waals surface area contributed by atoms with E-state index in [0.29, 0.717) is 12.5 Å². The molecule has 0 amide bonds. The fraction of sp³-hybridized carbons (Fsp3) is 0.800. The van der Waals surface area contributed by atoms with Gasteiger partial charge in [-0.25, -0.2) is 4.98 Å². The molecule has 2 rings (SSSR count). The Morgan fingerprint density at radius 1 is 1.64 bits per heavy atom. The van der Waals surface area contributed by atoms with Crippen LogP contribution in [0, 0.1) is 5.92 Å². The molecule has 1 aromatic rings. The van der Waals surface area contributed by atoms with Gasteiger partial charge in [0.15, 0.2) is 0 Å². The van der Waals surface area contributed by atoms with Crippen LogP contribution in [0.5, 0.6) is 0 Å². The molecule has 4 heteroatoms. The maximum atomic E-state index is 10.4. The summed E-state index contributed by atoms with van der Waals surface area (Å²) in [6.45, 7) is 2.73. The first-order valence-electron chi connectivity index (χ1n) is 5.29. The van der Waals surface area contributed by atoms with Gasteiger partial charge in [0.25, 0.3) is 0 Å². The normalized spacial score (nSPS) is 32.3. The molecular formula is C10H17N3O. The summed E-state index contributed by atoms with van der Waals surface area (Å²) >= 11 is 0. The number of aromatic nitrogens is 3. The third-order valence-corrected chi connectivity index (χ3v) is 3.32. The molecule has 1 aliphatic rings. The first-order valence-corrected chi connectivity index (χ1v) is 5.29. The van der Waals surface area contributed by atoms with Crippen LogP contribution in [0.2, 0.25) is 0 Å². The summed E-state index contributed by atoms with van der Waals surface area (Å²) in [6, 6.07) is 0. The molecular weight excluding hydrogens is 178 g/mol. The fourth-order valence-corrected chi connectivity index (χ4v) is 2.51. The van der Waals surface area contributed by atoms with E-state index >= 15 is 0 Å². The maximum absolute atomic E-state index is 10.4. The van der Waals surface area contributed by atoms with Crippen LogP contribution >= 0.6 is 0 Å². The average Bonchev–Trinajstić information content (AvgIpc) is 2.75. The Labute approximate surface area is 84.0 Å². The van der Waals surface area contributed by atoms with E-state index in [1.54, 1.807) is 11.0 Å². The molecule has 1 aliphatic carbocycles. The van der Waals surface area contributed by atoms with Crippen LogP contribution in [0.25, 0.3) is 0 Å². The summed E-state index contributed by atoms with van der Waals surface area (Å²) in [6.07, 6.45) is 7.39. The van der Waals surface area contributed by atoms with E-state index in [4.69, 9.17) is 0 Å². The third kappa shape index (κ3) is 1.66. The summed E-state index contributed by atoms with van der Waals surface area (Å²) in [5.41, 5.74) is -0.553. The van der Waals surface area contributed by atoms with Crippen molar-refractivity contribution in [3.05, 3.63) is 12.7 Å². The molecule has 0 spiro atoms. The molecule has 1 N–H and O–H groups in total. The molecule has 14 heavy (non-hydrogen) atoms. The Morgan fingerprint density at radius 2 is 2.50 bits per heavy atom. The van der Waals surface area contributed by atoms with Gasteiger partial charge in [-0.2, -0.15) is 5.10 Å². The van der Waals surface area contributed by atoms with Crippen molar-refractivity contribution in [3.63, 3.8) is 0 Å². The largest absolute Gasteiger partial charge is 0.388 e. The van der Waals surface area contributed by atoms with Gasteiger partial charge in [0.05, 0.1) is 12.1 Å². The molecule has 0 aliphatic heterocycles. The highest BCUT2D eigenvalue weighted by atomic mass is 16.3. The smallest absolute Gasteiger partial charge is 0.137 e. The van der Waals surface area contributed by atoms with Crippen LogP contribution in [-0.4, -0.2) is 25.5 Å². The summed E-state index contributed by atoms with van der Waals surface area (Å²) in [7, 11) is 0. The second-order valence-electron chi connectivity index (χ2n) is 4.19. The van der Waals surface area contributed by atoms with Crippen LogP contribution in [0.15, 0.2) is 12.7 Å². The lowest BCUT2D eigenvalue weighted by molar-refractivity contribution is -0.0176. The second kappa shape index (κ2) is 3.69. The van der Waals surface area contributed by atoms with Gasteiger partial charge in [-0.15, -0.1) is 0 Å². The van der Waals surface area contributed by atoms with Crippen LogP contribution in [0.1, 0.15) is 32.6 Å². The lowest BCUT2D eigenvalue weighted by Crippen LogP contribution is -2.37. The van der Waals surface area contributed by atoms with Crippen molar-refractivity contribution < 1.29 is 5.11 Å². The van der Waals surface area contributed by atoms with Gasteiger partial charge in [-0.3, -0.25) is 4.68 Å². The van der Waals surface area contributed by atoms with Crippen molar-refractivity contribution >= 4 is 0 Å². The van der Waals surface area contributed by atoms with E-state index in [0.717, 1.165) is 25.7 Å². The lowest BCUT2D eigenvalue weighted by Gasteiger charge is -2.29. The first-order chi connectivity index (χ1) is 6.74. The number of nitrogens with zero attached hydrogens (tertiary/aromatic N) is 3. The van der Waals surface area contributed by atoms with Crippen LogP contribution in [0.3, 0.4) is 0 Å². The molecule has 0 radical (unpaired) electrons. The Morgan fingerprint density at radius 3 is 3.14 bits per heavy atom. The van der Waals surface area contributed by atoms with Crippen LogP contribution in [-0.2, 0) is 6.54 Å². The number of hydrogen-bond donors (Lipinski definition) is 1. The molecule has 0 aromatic carbocycles. The molecule has 2 unspecified atom stereocenters. The van der Waals surface area contributed by atoms with Gasteiger partial charge in [0, 0.05) is 0 Å². The van der Waals surface area contributed by atoms with Crippen molar-refractivity contribution in [2.24, 2.45) is 5.92 Å². The number of rotatable bonds is 3. The zero-order valence-corrected chi connectivity index (χ0v) is 8.56. The van der Waals surface area contributed by atoms with Crippen molar-refractivity contribution in [3.8, 4) is 0 Å². The highest BCUT2D eigenvalue weighted by Crippen LogP contribution is 2.38. The molecule has 0 bridgehead atoms. The predicted molar refractivity (Wildman–Crippen MR) is 52.6 cm³/mol. The molecule has 1 saturated carbocycles. The van der Waals surface area contributed by atoms with Crippen molar-refractivity contribution in [1.82, 2.24) is 14.8 Å².